The summed E-state index contributed by atoms with van der Waals surface area (Å²) in [5, 5.41) is 0. The third-order valence-corrected chi connectivity index (χ3v) is 3.91. The Balaban J connectivity index is 2.16. The van der Waals surface area contributed by atoms with E-state index in [0.717, 1.165) is 12.1 Å². The summed E-state index contributed by atoms with van der Waals surface area (Å²) in [6.07, 6.45) is 3.14. The standard InChI is InChI=1S/C16H23NO/c1-4-16(18)13-7-9-14(10-8-13)17-11-5-6-15(17)12(2)3/h7-10,12,15H,4-6,11H2,1-3H3. The Morgan fingerprint density at radius 1 is 1.33 bits per heavy atom. The van der Waals surface area contributed by atoms with Gasteiger partial charge in [-0.3, -0.25) is 4.79 Å². The first kappa shape index (κ1) is 13.1. The van der Waals surface area contributed by atoms with Gasteiger partial charge in [0.25, 0.3) is 0 Å². The maximum absolute atomic E-state index is 11.6. The number of hydrogen-bond acceptors (Lipinski definition) is 2. The molecule has 1 aromatic carbocycles. The highest BCUT2D eigenvalue weighted by Crippen LogP contribution is 2.29. The second-order valence-electron chi connectivity index (χ2n) is 5.47. The minimum absolute atomic E-state index is 0.225. The summed E-state index contributed by atoms with van der Waals surface area (Å²) in [6.45, 7) is 7.63. The molecule has 0 amide bonds. The van der Waals surface area contributed by atoms with E-state index < -0.39 is 0 Å². The lowest BCUT2D eigenvalue weighted by Gasteiger charge is -2.29. The second-order valence-corrected chi connectivity index (χ2v) is 5.47. The molecule has 1 aromatic rings. The molecule has 0 saturated carbocycles. The summed E-state index contributed by atoms with van der Waals surface area (Å²) in [4.78, 5) is 14.1. The Hall–Kier alpha value is -1.31. The molecule has 2 rings (SSSR count). The number of hydrogen-bond donors (Lipinski definition) is 0. The smallest absolute Gasteiger partial charge is 0.162 e. The van der Waals surface area contributed by atoms with Crippen molar-refractivity contribution in [2.75, 3.05) is 11.4 Å². The molecule has 18 heavy (non-hydrogen) atoms. The van der Waals surface area contributed by atoms with Crippen LogP contribution in [0.4, 0.5) is 5.69 Å². The number of carbonyl (C=O) groups is 1. The molecular formula is C16H23NO. The van der Waals surface area contributed by atoms with Gasteiger partial charge >= 0.3 is 0 Å². The van der Waals surface area contributed by atoms with Crippen LogP contribution in [0.25, 0.3) is 0 Å². The summed E-state index contributed by atoms with van der Waals surface area (Å²) in [6, 6.07) is 8.79. The first-order chi connectivity index (χ1) is 8.63. The van der Waals surface area contributed by atoms with Crippen LogP contribution in [0.5, 0.6) is 0 Å². The highest BCUT2D eigenvalue weighted by molar-refractivity contribution is 5.96. The quantitative estimate of drug-likeness (QED) is 0.750. The summed E-state index contributed by atoms with van der Waals surface area (Å²) >= 11 is 0. The zero-order valence-electron chi connectivity index (χ0n) is 11.6. The third-order valence-electron chi connectivity index (χ3n) is 3.91. The maximum atomic E-state index is 11.6. The molecule has 0 aromatic heterocycles. The lowest BCUT2D eigenvalue weighted by Crippen LogP contribution is -2.33. The molecule has 1 aliphatic heterocycles. The van der Waals surface area contributed by atoms with Gasteiger partial charge in [-0.1, -0.05) is 20.8 Å². The van der Waals surface area contributed by atoms with Crippen LogP contribution in [0.1, 0.15) is 50.4 Å². The summed E-state index contributed by atoms with van der Waals surface area (Å²) in [5.74, 6) is 0.910. The van der Waals surface area contributed by atoms with Gasteiger partial charge in [0.15, 0.2) is 5.78 Å². The van der Waals surface area contributed by atoms with Crippen LogP contribution in [0.3, 0.4) is 0 Å². The maximum Gasteiger partial charge on any atom is 0.162 e. The number of rotatable bonds is 4. The molecule has 2 nitrogen and oxygen atoms in total. The predicted molar refractivity (Wildman–Crippen MR) is 76.3 cm³/mol. The largest absolute Gasteiger partial charge is 0.368 e. The zero-order valence-corrected chi connectivity index (χ0v) is 11.6. The van der Waals surface area contributed by atoms with Crippen LogP contribution < -0.4 is 4.90 Å². The van der Waals surface area contributed by atoms with Crippen molar-refractivity contribution >= 4 is 11.5 Å². The molecule has 1 atom stereocenters. The van der Waals surface area contributed by atoms with Gasteiger partial charge in [0, 0.05) is 30.3 Å². The number of carbonyl (C=O) groups excluding carboxylic acids is 1. The SMILES string of the molecule is CCC(=O)c1ccc(N2CCCC2C(C)C)cc1. The third kappa shape index (κ3) is 2.58. The molecule has 98 valence electrons. The molecule has 1 aliphatic rings. The van der Waals surface area contributed by atoms with Gasteiger partial charge in [-0.05, 0) is 43.0 Å². The van der Waals surface area contributed by atoms with Gasteiger partial charge in [0.1, 0.15) is 0 Å². The molecule has 0 radical (unpaired) electrons. The van der Waals surface area contributed by atoms with Crippen LogP contribution >= 0.6 is 0 Å². The molecule has 0 N–H and O–H groups in total. The van der Waals surface area contributed by atoms with Crippen LogP contribution in [0.2, 0.25) is 0 Å². The van der Waals surface area contributed by atoms with Crippen molar-refractivity contribution < 1.29 is 4.79 Å². The van der Waals surface area contributed by atoms with E-state index in [0.29, 0.717) is 18.4 Å². The van der Waals surface area contributed by atoms with E-state index >= 15 is 0 Å². The number of nitrogens with zero attached hydrogens (tertiary/aromatic N) is 1. The molecule has 2 heteroatoms. The molecule has 1 heterocycles. The second kappa shape index (κ2) is 5.55. The number of benzene rings is 1. The lowest BCUT2D eigenvalue weighted by molar-refractivity contribution is 0.0988. The Morgan fingerprint density at radius 3 is 2.56 bits per heavy atom. The fraction of sp³-hybridized carbons (Fsp3) is 0.562. The van der Waals surface area contributed by atoms with Gasteiger partial charge in [-0.2, -0.15) is 0 Å². The lowest BCUT2D eigenvalue weighted by atomic mass is 10.0. The fourth-order valence-electron chi connectivity index (χ4n) is 2.85. The van der Waals surface area contributed by atoms with Crippen LogP contribution in [-0.4, -0.2) is 18.4 Å². The molecule has 0 aliphatic carbocycles. The van der Waals surface area contributed by atoms with Gasteiger partial charge in [0.05, 0.1) is 0 Å². The van der Waals surface area contributed by atoms with Crippen molar-refractivity contribution in [1.29, 1.82) is 0 Å². The Bertz CT molecular complexity index is 408. The van der Waals surface area contributed by atoms with E-state index in [9.17, 15) is 4.79 Å². The predicted octanol–water partition coefficient (Wildman–Crippen LogP) is 3.90. The van der Waals surface area contributed by atoms with Crippen LogP contribution in [0.15, 0.2) is 24.3 Å². The van der Waals surface area contributed by atoms with E-state index in [2.05, 4.69) is 30.9 Å². The van der Waals surface area contributed by atoms with E-state index in [1.807, 2.05) is 19.1 Å². The first-order valence-electron chi connectivity index (χ1n) is 7.03. The number of anilines is 1. The minimum atomic E-state index is 0.225. The van der Waals surface area contributed by atoms with Crippen molar-refractivity contribution in [3.05, 3.63) is 29.8 Å². The summed E-state index contributed by atoms with van der Waals surface area (Å²) < 4.78 is 0. The normalized spacial score (nSPS) is 19.6. The van der Waals surface area contributed by atoms with Gasteiger partial charge in [0.2, 0.25) is 0 Å². The average Bonchev–Trinajstić information content (AvgIpc) is 2.87. The Kier molecular flexibility index (Phi) is 4.05. The molecule has 0 bridgehead atoms. The molecule has 1 fully saturated rings. The molecular weight excluding hydrogens is 222 g/mol. The van der Waals surface area contributed by atoms with Crippen LogP contribution in [-0.2, 0) is 0 Å². The minimum Gasteiger partial charge on any atom is -0.368 e. The molecule has 1 unspecified atom stereocenters. The number of Topliss-reactive ketones (excluding diaryl/α,β-unsaturated/α-hetero) is 1. The topological polar surface area (TPSA) is 20.3 Å². The highest BCUT2D eigenvalue weighted by atomic mass is 16.1. The summed E-state index contributed by atoms with van der Waals surface area (Å²) in [7, 11) is 0. The van der Waals surface area contributed by atoms with E-state index in [1.54, 1.807) is 0 Å². The number of ketones is 1. The van der Waals surface area contributed by atoms with Crippen molar-refractivity contribution in [2.45, 2.75) is 46.1 Å². The van der Waals surface area contributed by atoms with E-state index in [1.165, 1.54) is 18.5 Å². The summed E-state index contributed by atoms with van der Waals surface area (Å²) in [5.41, 5.74) is 2.10. The van der Waals surface area contributed by atoms with Crippen molar-refractivity contribution in [2.24, 2.45) is 5.92 Å². The van der Waals surface area contributed by atoms with Crippen molar-refractivity contribution in [3.63, 3.8) is 0 Å². The van der Waals surface area contributed by atoms with Gasteiger partial charge in [-0.25, -0.2) is 0 Å². The fourth-order valence-corrected chi connectivity index (χ4v) is 2.85. The van der Waals surface area contributed by atoms with Gasteiger partial charge in [-0.15, -0.1) is 0 Å². The zero-order chi connectivity index (χ0) is 13.1. The molecule has 1 saturated heterocycles. The molecule has 0 spiro atoms. The van der Waals surface area contributed by atoms with E-state index in [4.69, 9.17) is 0 Å². The van der Waals surface area contributed by atoms with Crippen molar-refractivity contribution in [3.8, 4) is 0 Å². The average molecular weight is 245 g/mol. The monoisotopic (exact) mass is 245 g/mol. The van der Waals surface area contributed by atoms with Gasteiger partial charge < -0.3 is 4.90 Å². The first-order valence-corrected chi connectivity index (χ1v) is 7.03. The Morgan fingerprint density at radius 2 is 2.00 bits per heavy atom. The van der Waals surface area contributed by atoms with E-state index in [-0.39, 0.29) is 5.78 Å². The highest BCUT2D eigenvalue weighted by Gasteiger charge is 2.27. The van der Waals surface area contributed by atoms with Crippen LogP contribution in [0, 0.1) is 5.92 Å². The van der Waals surface area contributed by atoms with Crippen molar-refractivity contribution in [1.82, 2.24) is 0 Å². The Labute approximate surface area is 110 Å².